The molecule has 0 saturated heterocycles. The van der Waals surface area contributed by atoms with E-state index in [0.717, 1.165) is 0 Å². The Labute approximate surface area is 171 Å². The summed E-state index contributed by atoms with van der Waals surface area (Å²) >= 11 is -3.53. The third-order valence-corrected chi connectivity index (χ3v) is 6.85. The van der Waals surface area contributed by atoms with Crippen molar-refractivity contribution in [2.45, 2.75) is 13.0 Å². The first-order valence-electron chi connectivity index (χ1n) is 8.67. The van der Waals surface area contributed by atoms with E-state index in [1.807, 2.05) is 0 Å². The molecule has 0 saturated carbocycles. The van der Waals surface area contributed by atoms with Gasteiger partial charge in [-0.2, -0.15) is 0 Å². The molecule has 4 rings (SSSR count). The van der Waals surface area contributed by atoms with Crippen LogP contribution in [0.5, 0.6) is 11.5 Å². The summed E-state index contributed by atoms with van der Waals surface area (Å²) in [5, 5.41) is 30.1. The Kier molecular flexibility index (Phi) is 4.84. The zero-order chi connectivity index (χ0) is 20.9. The van der Waals surface area contributed by atoms with Gasteiger partial charge in [-0.3, -0.25) is 0 Å². The van der Waals surface area contributed by atoms with Gasteiger partial charge in [0.05, 0.1) is 0 Å². The van der Waals surface area contributed by atoms with Crippen molar-refractivity contribution in [2.24, 2.45) is 0 Å². The molecule has 0 fully saturated rings. The number of aromatic hydroxyl groups is 1. The molecule has 2 aromatic rings. The molecule has 2 aromatic carbocycles. The van der Waals surface area contributed by atoms with Gasteiger partial charge in [-0.25, -0.2) is 0 Å². The van der Waals surface area contributed by atoms with Gasteiger partial charge in [0, 0.05) is 0 Å². The number of fused-ring (bicyclic) bond motifs is 2. The fourth-order valence-electron chi connectivity index (χ4n) is 3.57. The van der Waals surface area contributed by atoms with Gasteiger partial charge in [-0.15, -0.1) is 0 Å². The van der Waals surface area contributed by atoms with E-state index >= 15 is 0 Å². The average Bonchev–Trinajstić information content (AvgIpc) is 2.69. The van der Waals surface area contributed by atoms with Crippen molar-refractivity contribution >= 4 is 26.9 Å². The summed E-state index contributed by atoms with van der Waals surface area (Å²) in [7, 11) is 0. The van der Waals surface area contributed by atoms with Crippen LogP contribution in [0.15, 0.2) is 64.2 Å². The molecule has 0 radical (unpaired) electrons. The number of hydrogen-bond acceptors (Lipinski definition) is 6. The normalized spacial score (nSPS) is 17.9. The van der Waals surface area contributed by atoms with Gasteiger partial charge in [-0.1, -0.05) is 0 Å². The van der Waals surface area contributed by atoms with E-state index in [0.29, 0.717) is 27.8 Å². The maximum atomic E-state index is 11.8. The summed E-state index contributed by atoms with van der Waals surface area (Å²) < 4.78 is 25.9. The molecule has 29 heavy (non-hydrogen) atoms. The fraction of sp³-hybridized carbons (Fsp3) is 0.0952. The topological polar surface area (TPSA) is 127 Å². The van der Waals surface area contributed by atoms with Crippen molar-refractivity contribution in [3.8, 4) is 11.5 Å². The van der Waals surface area contributed by atoms with Crippen LogP contribution in [0.4, 0.5) is 0 Å². The molecular weight excluding hydrogens is 439 g/mol. The standard InChI is InChI=1S/C21H17AsO7/c1-10-15(23)8-6-13-17(11-4-2-3-5-12(11)21(25)26)14-7-9-16(24)18(22(27)28)20(14)29-19(10)13/h2-9,16,23-24,27-28H,1H3,(H,25,26). The van der Waals surface area contributed by atoms with Crippen molar-refractivity contribution in [3.05, 3.63) is 86.5 Å². The SMILES string of the molecule is Cc1c(O)ccc2c1OC1=C([As](O)O)C(O)C=CC1=C2c1ccccc1C(=O)O. The molecule has 148 valence electrons. The monoisotopic (exact) mass is 456 g/mol. The molecule has 1 aliphatic carbocycles. The zero-order valence-corrected chi connectivity index (χ0v) is 17.1. The van der Waals surface area contributed by atoms with Gasteiger partial charge in [0.15, 0.2) is 0 Å². The molecule has 0 amide bonds. The number of phenolic OH excluding ortho intramolecular Hbond substituents is 1. The quantitative estimate of drug-likeness (QED) is 0.446. The maximum absolute atomic E-state index is 11.8. The number of hydrogen-bond donors (Lipinski definition) is 5. The number of benzene rings is 2. The molecular formula is C21H17AsO7. The summed E-state index contributed by atoms with van der Waals surface area (Å²) in [6.45, 7) is 1.64. The summed E-state index contributed by atoms with van der Waals surface area (Å²) in [4.78, 5) is 11.8. The molecule has 1 atom stereocenters. The number of carboxylic acid groups (broad SMARTS) is 1. The first-order valence-corrected chi connectivity index (χ1v) is 11.3. The van der Waals surface area contributed by atoms with Crippen LogP contribution in [0.1, 0.15) is 27.0 Å². The van der Waals surface area contributed by atoms with Crippen LogP contribution < -0.4 is 4.74 Å². The van der Waals surface area contributed by atoms with Crippen LogP contribution in [0.2, 0.25) is 0 Å². The third-order valence-electron chi connectivity index (χ3n) is 4.96. The van der Waals surface area contributed by atoms with Crippen LogP contribution in [0.3, 0.4) is 0 Å². The van der Waals surface area contributed by atoms with E-state index in [-0.39, 0.29) is 27.2 Å². The number of carboxylic acids is 1. The van der Waals surface area contributed by atoms with Crippen LogP contribution in [0, 0.1) is 6.92 Å². The second kappa shape index (κ2) is 7.21. The van der Waals surface area contributed by atoms with Crippen LogP contribution in [-0.4, -0.2) is 50.9 Å². The van der Waals surface area contributed by atoms with Gasteiger partial charge in [-0.05, 0) is 0 Å². The molecule has 2 aliphatic rings. The van der Waals surface area contributed by atoms with Crippen molar-refractivity contribution in [3.63, 3.8) is 0 Å². The van der Waals surface area contributed by atoms with E-state index < -0.39 is 27.4 Å². The van der Waals surface area contributed by atoms with Gasteiger partial charge in [0.1, 0.15) is 0 Å². The number of aliphatic hydroxyl groups excluding tert-OH is 1. The molecule has 1 heterocycles. The minimum absolute atomic E-state index is 0.0190. The van der Waals surface area contributed by atoms with Gasteiger partial charge in [0.2, 0.25) is 0 Å². The van der Waals surface area contributed by atoms with Gasteiger partial charge >= 0.3 is 171 Å². The Morgan fingerprint density at radius 2 is 1.83 bits per heavy atom. The van der Waals surface area contributed by atoms with Crippen LogP contribution in [0.25, 0.3) is 5.57 Å². The molecule has 1 unspecified atom stereocenters. The molecule has 0 spiro atoms. The molecule has 7 nitrogen and oxygen atoms in total. The average molecular weight is 456 g/mol. The van der Waals surface area contributed by atoms with Crippen LogP contribution in [-0.2, 0) is 0 Å². The van der Waals surface area contributed by atoms with E-state index in [9.17, 15) is 28.3 Å². The number of rotatable bonds is 3. The first-order chi connectivity index (χ1) is 13.8. The first kappa shape index (κ1) is 19.5. The van der Waals surface area contributed by atoms with E-state index in [2.05, 4.69) is 0 Å². The van der Waals surface area contributed by atoms with E-state index in [4.69, 9.17) is 4.74 Å². The summed E-state index contributed by atoms with van der Waals surface area (Å²) in [5.74, 6) is -0.773. The predicted octanol–water partition coefficient (Wildman–Crippen LogP) is 1.79. The Morgan fingerprint density at radius 1 is 1.10 bits per heavy atom. The fourth-order valence-corrected chi connectivity index (χ4v) is 4.98. The number of allylic oxidation sites excluding steroid dienone is 1. The Hall–Kier alpha value is -2.83. The Balaban J connectivity index is 2.14. The predicted molar refractivity (Wildman–Crippen MR) is 105 cm³/mol. The van der Waals surface area contributed by atoms with Gasteiger partial charge < -0.3 is 0 Å². The number of aromatic carboxylic acids is 1. The van der Waals surface area contributed by atoms with Crippen LogP contribution >= 0.6 is 0 Å². The number of ether oxygens (including phenoxy) is 1. The van der Waals surface area contributed by atoms with Crippen molar-refractivity contribution in [1.29, 1.82) is 0 Å². The van der Waals surface area contributed by atoms with E-state index in [1.54, 1.807) is 37.3 Å². The second-order valence-corrected chi connectivity index (χ2v) is 8.86. The Bertz CT molecular complexity index is 1130. The van der Waals surface area contributed by atoms with Crippen molar-refractivity contribution < 1.29 is 33.0 Å². The summed E-state index contributed by atoms with van der Waals surface area (Å²) in [6, 6.07) is 9.59. The van der Waals surface area contributed by atoms with Gasteiger partial charge in [0.25, 0.3) is 0 Å². The number of aliphatic hydroxyl groups is 1. The molecule has 5 N–H and O–H groups in total. The second-order valence-electron chi connectivity index (χ2n) is 6.64. The minimum atomic E-state index is -3.53. The number of carbonyl (C=O) groups is 1. The molecule has 0 bridgehead atoms. The Morgan fingerprint density at radius 3 is 2.52 bits per heavy atom. The molecule has 0 aromatic heterocycles. The third kappa shape index (κ3) is 3.09. The zero-order valence-electron chi connectivity index (χ0n) is 15.2. The van der Waals surface area contributed by atoms with Crippen molar-refractivity contribution in [1.82, 2.24) is 0 Å². The molecule has 8 heteroatoms. The number of phenols is 1. The molecule has 1 aliphatic heterocycles. The van der Waals surface area contributed by atoms with E-state index in [1.165, 1.54) is 18.2 Å². The van der Waals surface area contributed by atoms with Crippen molar-refractivity contribution in [2.75, 3.05) is 0 Å². The summed E-state index contributed by atoms with van der Waals surface area (Å²) in [6.07, 6.45) is 1.77. The summed E-state index contributed by atoms with van der Waals surface area (Å²) in [5.41, 5.74) is 2.41.